The first-order valence-electron chi connectivity index (χ1n) is 6.18. The van der Waals surface area contributed by atoms with Crippen molar-refractivity contribution in [3.05, 3.63) is 35.8 Å². The molecule has 1 N–H and O–H groups in total. The van der Waals surface area contributed by atoms with Crippen LogP contribution in [0.5, 0.6) is 0 Å². The second-order valence-electron chi connectivity index (χ2n) is 4.18. The molecule has 1 heterocycles. The topological polar surface area (TPSA) is 43.6 Å². The van der Waals surface area contributed by atoms with Crippen molar-refractivity contribution in [2.24, 2.45) is 0 Å². The van der Waals surface area contributed by atoms with Crippen LogP contribution in [0.15, 0.2) is 28.7 Å². The monoisotopic (exact) mass is 267 g/mol. The number of ether oxygens (including phenoxy) is 2. The lowest BCUT2D eigenvalue weighted by Gasteiger charge is -2.23. The summed E-state index contributed by atoms with van der Waals surface area (Å²) in [5, 5.41) is 3.94. The van der Waals surface area contributed by atoms with Crippen LogP contribution in [0.2, 0.25) is 0 Å². The molecule has 2 rings (SSSR count). The van der Waals surface area contributed by atoms with Crippen LogP contribution in [0.4, 0.5) is 4.39 Å². The number of methoxy groups -OCH3 is 2. The highest BCUT2D eigenvalue weighted by molar-refractivity contribution is 5.78. The van der Waals surface area contributed by atoms with Crippen LogP contribution >= 0.6 is 0 Å². The molecular weight excluding hydrogens is 249 g/mol. The molecule has 0 saturated carbocycles. The van der Waals surface area contributed by atoms with Crippen molar-refractivity contribution in [1.82, 2.24) is 5.32 Å². The summed E-state index contributed by atoms with van der Waals surface area (Å²) in [6, 6.07) is 6.36. The molecule has 1 atom stereocenters. The zero-order chi connectivity index (χ0) is 13.8. The fourth-order valence-electron chi connectivity index (χ4n) is 2.12. The number of nitrogens with one attached hydrogen (secondary N) is 1. The van der Waals surface area contributed by atoms with Gasteiger partial charge in [-0.15, -0.1) is 0 Å². The van der Waals surface area contributed by atoms with Crippen molar-refractivity contribution in [3.8, 4) is 0 Å². The predicted molar refractivity (Wildman–Crippen MR) is 70.4 cm³/mol. The first-order chi connectivity index (χ1) is 9.21. The molecule has 104 valence electrons. The Balaban J connectivity index is 2.41. The van der Waals surface area contributed by atoms with Gasteiger partial charge in [-0.2, -0.15) is 0 Å². The van der Waals surface area contributed by atoms with Crippen molar-refractivity contribution in [2.75, 3.05) is 20.8 Å². The van der Waals surface area contributed by atoms with Gasteiger partial charge in [0, 0.05) is 19.6 Å². The van der Waals surface area contributed by atoms with E-state index in [1.807, 2.05) is 13.0 Å². The number of furan rings is 1. The van der Waals surface area contributed by atoms with E-state index >= 15 is 0 Å². The van der Waals surface area contributed by atoms with E-state index in [1.165, 1.54) is 6.07 Å². The number of hydrogen-bond donors (Lipinski definition) is 1. The summed E-state index contributed by atoms with van der Waals surface area (Å²) in [4.78, 5) is 0. The van der Waals surface area contributed by atoms with Crippen LogP contribution in [0.25, 0.3) is 11.0 Å². The van der Waals surface area contributed by atoms with Gasteiger partial charge in [-0.05, 0) is 18.7 Å². The van der Waals surface area contributed by atoms with Crippen LogP contribution in [0.1, 0.15) is 18.7 Å². The SMILES string of the molecule is CCNC(c1cc2cccc(F)c2o1)C(OC)OC. The van der Waals surface area contributed by atoms with Gasteiger partial charge in [0.25, 0.3) is 0 Å². The van der Waals surface area contributed by atoms with E-state index in [2.05, 4.69) is 5.32 Å². The number of benzene rings is 1. The Kier molecular flexibility index (Phi) is 4.52. The van der Waals surface area contributed by atoms with Crippen LogP contribution in [-0.2, 0) is 9.47 Å². The summed E-state index contributed by atoms with van der Waals surface area (Å²) in [6.45, 7) is 2.69. The zero-order valence-corrected chi connectivity index (χ0v) is 11.3. The van der Waals surface area contributed by atoms with Crippen molar-refractivity contribution in [3.63, 3.8) is 0 Å². The van der Waals surface area contributed by atoms with Crippen molar-refractivity contribution < 1.29 is 18.3 Å². The standard InChI is InChI=1S/C14H18FNO3/c1-4-16-12(14(17-2)18-3)11-8-9-6-5-7-10(15)13(9)19-11/h5-8,12,14,16H,4H2,1-3H3. The average molecular weight is 267 g/mol. The molecule has 0 fully saturated rings. The molecule has 5 heteroatoms. The third kappa shape index (κ3) is 2.78. The van der Waals surface area contributed by atoms with Gasteiger partial charge < -0.3 is 19.2 Å². The van der Waals surface area contributed by atoms with Crippen molar-refractivity contribution in [2.45, 2.75) is 19.3 Å². The van der Waals surface area contributed by atoms with Crippen molar-refractivity contribution >= 4 is 11.0 Å². The van der Waals surface area contributed by atoms with E-state index in [4.69, 9.17) is 13.9 Å². The summed E-state index contributed by atoms with van der Waals surface area (Å²) in [5.74, 6) is 0.223. The maximum Gasteiger partial charge on any atom is 0.179 e. The van der Waals surface area contributed by atoms with Gasteiger partial charge >= 0.3 is 0 Å². The number of fused-ring (bicyclic) bond motifs is 1. The molecule has 0 spiro atoms. The van der Waals surface area contributed by atoms with E-state index in [0.29, 0.717) is 12.3 Å². The highest BCUT2D eigenvalue weighted by Gasteiger charge is 2.26. The Hall–Kier alpha value is -1.43. The Bertz CT molecular complexity index is 536. The zero-order valence-electron chi connectivity index (χ0n) is 11.3. The second kappa shape index (κ2) is 6.14. The molecule has 0 aliphatic heterocycles. The fraction of sp³-hybridized carbons (Fsp3) is 0.429. The van der Waals surface area contributed by atoms with Gasteiger partial charge in [0.1, 0.15) is 11.8 Å². The van der Waals surface area contributed by atoms with E-state index in [-0.39, 0.29) is 17.4 Å². The lowest BCUT2D eigenvalue weighted by molar-refractivity contribution is -0.127. The normalized spacial score (nSPS) is 13.3. The first kappa shape index (κ1) is 14.0. The Labute approximate surface area is 111 Å². The highest BCUT2D eigenvalue weighted by Crippen LogP contribution is 2.28. The Morgan fingerprint density at radius 3 is 2.63 bits per heavy atom. The number of halogens is 1. The number of rotatable bonds is 6. The third-order valence-corrected chi connectivity index (χ3v) is 2.98. The summed E-state index contributed by atoms with van der Waals surface area (Å²) >= 11 is 0. The first-order valence-corrected chi connectivity index (χ1v) is 6.18. The summed E-state index contributed by atoms with van der Waals surface area (Å²) in [7, 11) is 3.11. The minimum atomic E-state index is -0.497. The van der Waals surface area contributed by atoms with Crippen LogP contribution in [-0.4, -0.2) is 27.1 Å². The summed E-state index contributed by atoms with van der Waals surface area (Å²) in [6.07, 6.45) is -0.497. The van der Waals surface area contributed by atoms with Gasteiger partial charge in [-0.3, -0.25) is 0 Å². The molecule has 1 unspecified atom stereocenters. The number of hydrogen-bond acceptors (Lipinski definition) is 4. The van der Waals surface area contributed by atoms with E-state index in [9.17, 15) is 4.39 Å². The molecule has 1 aromatic carbocycles. The maximum atomic E-state index is 13.6. The molecular formula is C14H18FNO3. The fourth-order valence-corrected chi connectivity index (χ4v) is 2.12. The smallest absolute Gasteiger partial charge is 0.179 e. The van der Waals surface area contributed by atoms with Gasteiger partial charge in [0.15, 0.2) is 17.7 Å². The highest BCUT2D eigenvalue weighted by atomic mass is 19.1. The van der Waals surface area contributed by atoms with E-state index in [1.54, 1.807) is 26.4 Å². The van der Waals surface area contributed by atoms with E-state index in [0.717, 1.165) is 5.39 Å². The van der Waals surface area contributed by atoms with Crippen LogP contribution < -0.4 is 5.32 Å². The van der Waals surface area contributed by atoms with E-state index < -0.39 is 6.29 Å². The molecule has 0 bridgehead atoms. The largest absolute Gasteiger partial charge is 0.456 e. The van der Waals surface area contributed by atoms with Gasteiger partial charge in [0.2, 0.25) is 0 Å². The van der Waals surface area contributed by atoms with Crippen LogP contribution in [0.3, 0.4) is 0 Å². The predicted octanol–water partition coefficient (Wildman–Crippen LogP) is 2.84. The maximum absolute atomic E-state index is 13.6. The molecule has 1 aromatic heterocycles. The average Bonchev–Trinajstić information content (AvgIpc) is 2.84. The molecule has 4 nitrogen and oxygen atoms in total. The summed E-state index contributed by atoms with van der Waals surface area (Å²) < 4.78 is 29.8. The number of para-hydroxylation sites is 1. The Morgan fingerprint density at radius 2 is 2.05 bits per heavy atom. The van der Waals surface area contributed by atoms with Gasteiger partial charge in [0.05, 0.1) is 0 Å². The summed E-state index contributed by atoms with van der Waals surface area (Å²) in [5.41, 5.74) is 0.256. The molecule has 0 saturated heterocycles. The lowest BCUT2D eigenvalue weighted by Crippen LogP contribution is -2.34. The number of likely N-dealkylation sites (N-methyl/N-ethyl adjacent to an activating group) is 1. The minimum Gasteiger partial charge on any atom is -0.456 e. The second-order valence-corrected chi connectivity index (χ2v) is 4.18. The molecule has 0 amide bonds. The minimum absolute atomic E-state index is 0.256. The van der Waals surface area contributed by atoms with Gasteiger partial charge in [-0.1, -0.05) is 19.1 Å². The molecule has 0 radical (unpaired) electrons. The lowest BCUT2D eigenvalue weighted by atomic mass is 10.2. The molecule has 2 aromatic rings. The molecule has 0 aliphatic rings. The quantitative estimate of drug-likeness (QED) is 0.817. The van der Waals surface area contributed by atoms with Gasteiger partial charge in [-0.25, -0.2) is 4.39 Å². The van der Waals surface area contributed by atoms with Crippen molar-refractivity contribution in [1.29, 1.82) is 0 Å². The third-order valence-electron chi connectivity index (χ3n) is 2.98. The van der Waals surface area contributed by atoms with Crippen LogP contribution in [0, 0.1) is 5.82 Å². The molecule has 19 heavy (non-hydrogen) atoms. The Morgan fingerprint density at radius 1 is 1.32 bits per heavy atom. The molecule has 0 aliphatic carbocycles.